The van der Waals surface area contributed by atoms with E-state index in [1.165, 1.54) is 0 Å². The van der Waals surface area contributed by atoms with Gasteiger partial charge in [0.05, 0.1) is 24.9 Å². The predicted molar refractivity (Wildman–Crippen MR) is 162 cm³/mol. The molecule has 2 aromatic heterocycles. The molecule has 3 aliphatic heterocycles. The largest absolute Gasteiger partial charge is 0.496 e. The Hall–Kier alpha value is -3.08. The number of furan rings is 1. The van der Waals surface area contributed by atoms with Crippen LogP contribution in [0, 0.1) is 0 Å². The Kier molecular flexibility index (Phi) is 7.85. The van der Waals surface area contributed by atoms with Crippen LogP contribution in [-0.4, -0.2) is 84.1 Å². The molecule has 3 fully saturated rings. The zero-order chi connectivity index (χ0) is 28.6. The molecule has 3 unspecified atom stereocenters. The fraction of sp³-hybridized carbons (Fsp3) is 0.515. The first-order valence-electron chi connectivity index (χ1n) is 15.4. The van der Waals surface area contributed by atoms with Crippen LogP contribution in [0.5, 0.6) is 11.5 Å². The Morgan fingerprint density at radius 2 is 1.83 bits per heavy atom. The van der Waals surface area contributed by atoms with E-state index in [1.807, 2.05) is 30.3 Å². The van der Waals surface area contributed by atoms with Crippen molar-refractivity contribution in [2.45, 2.75) is 69.7 Å². The molecule has 9 nitrogen and oxygen atoms in total. The lowest BCUT2D eigenvalue weighted by Crippen LogP contribution is -2.50. The third-order valence-corrected chi connectivity index (χ3v) is 9.32. The lowest BCUT2D eigenvalue weighted by molar-refractivity contribution is 0.0498. The van der Waals surface area contributed by atoms with Crippen LogP contribution in [-0.2, 0) is 11.3 Å². The molecule has 5 heterocycles. The van der Waals surface area contributed by atoms with Crippen molar-refractivity contribution in [3.63, 3.8) is 0 Å². The molecular formula is C33H42N4O5. The summed E-state index contributed by atoms with van der Waals surface area (Å²) in [7, 11) is 1.67. The minimum Gasteiger partial charge on any atom is -0.496 e. The topological polar surface area (TPSA) is 98.7 Å². The van der Waals surface area contributed by atoms with Gasteiger partial charge in [0.1, 0.15) is 36.0 Å². The number of nitrogens with zero attached hydrogens (tertiary/aromatic N) is 2. The van der Waals surface area contributed by atoms with Crippen molar-refractivity contribution in [3.05, 3.63) is 60.0 Å². The molecule has 3 saturated heterocycles. The highest BCUT2D eigenvalue weighted by atomic mass is 16.6. The van der Waals surface area contributed by atoms with E-state index in [2.05, 4.69) is 39.2 Å². The van der Waals surface area contributed by atoms with Crippen molar-refractivity contribution in [1.29, 1.82) is 0 Å². The van der Waals surface area contributed by atoms with Crippen molar-refractivity contribution >= 4 is 21.9 Å². The first-order valence-corrected chi connectivity index (χ1v) is 15.4. The smallest absolute Gasteiger partial charge is 0.141 e. The molecule has 42 heavy (non-hydrogen) atoms. The summed E-state index contributed by atoms with van der Waals surface area (Å²) in [5, 5.41) is 15.6. The summed E-state index contributed by atoms with van der Waals surface area (Å²) in [6, 6.07) is 15.1. The van der Waals surface area contributed by atoms with E-state index in [0.717, 1.165) is 103 Å². The van der Waals surface area contributed by atoms with Crippen molar-refractivity contribution in [2.24, 2.45) is 0 Å². The second kappa shape index (κ2) is 11.9. The first kappa shape index (κ1) is 27.7. The van der Waals surface area contributed by atoms with Crippen LogP contribution >= 0.6 is 0 Å². The zero-order valence-corrected chi connectivity index (χ0v) is 24.6. The molecule has 0 radical (unpaired) electrons. The van der Waals surface area contributed by atoms with E-state index in [9.17, 15) is 5.11 Å². The van der Waals surface area contributed by atoms with Gasteiger partial charge in [-0.1, -0.05) is 12.1 Å². The van der Waals surface area contributed by atoms with Crippen molar-refractivity contribution in [1.82, 2.24) is 20.1 Å². The molecule has 0 aliphatic carbocycles. The van der Waals surface area contributed by atoms with Gasteiger partial charge in [0.15, 0.2) is 0 Å². The maximum Gasteiger partial charge on any atom is 0.141 e. The highest BCUT2D eigenvalue weighted by Gasteiger charge is 2.43. The number of hydrogen-bond acceptors (Lipinski definition) is 8. The second-order valence-electron chi connectivity index (χ2n) is 12.2. The first-order chi connectivity index (χ1) is 20.6. The van der Waals surface area contributed by atoms with E-state index in [1.54, 1.807) is 13.4 Å². The van der Waals surface area contributed by atoms with Crippen molar-refractivity contribution in [3.8, 4) is 11.5 Å². The molecule has 4 aromatic rings. The number of ether oxygens (including phenoxy) is 3. The standard InChI is InChI=1S/C33H42N4O5/c1-21(37-15-11-24(38)12-16-37)18-36-13-9-23(10-14-36)34-33-32(42-33)27-17-25-26(35-27)5-3-6-28(25)40-19-22-20-41-30-8-4-7-29(39-2)31(22)30/h3-8,17,20-21,23-24,32-35,38H,9-16,18-19H2,1-2H3. The molecule has 3 aliphatic rings. The van der Waals surface area contributed by atoms with Crippen LogP contribution in [0.25, 0.3) is 21.9 Å². The van der Waals surface area contributed by atoms with Gasteiger partial charge in [0.2, 0.25) is 0 Å². The van der Waals surface area contributed by atoms with Crippen molar-refractivity contribution < 1.29 is 23.7 Å². The van der Waals surface area contributed by atoms with E-state index in [0.29, 0.717) is 18.7 Å². The molecule has 224 valence electrons. The number of aromatic amines is 1. The second-order valence-corrected chi connectivity index (χ2v) is 12.2. The van der Waals surface area contributed by atoms with Crippen LogP contribution < -0.4 is 14.8 Å². The summed E-state index contributed by atoms with van der Waals surface area (Å²) in [6.07, 6.45) is 5.79. The summed E-state index contributed by atoms with van der Waals surface area (Å²) in [4.78, 5) is 8.69. The van der Waals surface area contributed by atoms with Gasteiger partial charge in [-0.25, -0.2) is 0 Å². The van der Waals surface area contributed by atoms with Crippen LogP contribution in [0.3, 0.4) is 0 Å². The lowest BCUT2D eigenvalue weighted by Gasteiger charge is -2.39. The summed E-state index contributed by atoms with van der Waals surface area (Å²) in [5.41, 5.74) is 3.86. The Morgan fingerprint density at radius 3 is 2.64 bits per heavy atom. The molecule has 3 atom stereocenters. The summed E-state index contributed by atoms with van der Waals surface area (Å²) >= 11 is 0. The van der Waals surface area contributed by atoms with Gasteiger partial charge in [-0.2, -0.15) is 0 Å². The van der Waals surface area contributed by atoms with Crippen LogP contribution in [0.15, 0.2) is 53.1 Å². The van der Waals surface area contributed by atoms with Crippen molar-refractivity contribution in [2.75, 3.05) is 39.8 Å². The number of aliphatic hydroxyl groups is 1. The number of epoxide rings is 1. The van der Waals surface area contributed by atoms with Gasteiger partial charge in [-0.15, -0.1) is 0 Å². The van der Waals surface area contributed by atoms with Gasteiger partial charge >= 0.3 is 0 Å². The van der Waals surface area contributed by atoms with E-state index < -0.39 is 0 Å². The number of H-pyrrole nitrogens is 1. The van der Waals surface area contributed by atoms with Gasteiger partial charge < -0.3 is 33.6 Å². The third-order valence-electron chi connectivity index (χ3n) is 9.32. The average Bonchev–Trinajstić information content (AvgIpc) is 3.42. The highest BCUT2D eigenvalue weighted by molar-refractivity contribution is 5.88. The fourth-order valence-corrected chi connectivity index (χ4v) is 6.79. The van der Waals surface area contributed by atoms with Gasteiger partial charge in [0.25, 0.3) is 0 Å². The molecule has 9 heteroatoms. The van der Waals surface area contributed by atoms with Gasteiger partial charge in [0, 0.05) is 53.9 Å². The van der Waals surface area contributed by atoms with E-state index >= 15 is 0 Å². The number of piperidine rings is 2. The summed E-state index contributed by atoms with van der Waals surface area (Å²) in [5.74, 6) is 1.61. The molecule has 0 spiro atoms. The molecule has 0 amide bonds. The average molecular weight is 575 g/mol. The Morgan fingerprint density at radius 1 is 1.05 bits per heavy atom. The number of benzene rings is 2. The number of likely N-dealkylation sites (tertiary alicyclic amines) is 2. The maximum atomic E-state index is 9.81. The minimum absolute atomic E-state index is 0.0276. The maximum absolute atomic E-state index is 9.81. The van der Waals surface area contributed by atoms with Crippen LogP contribution in [0.4, 0.5) is 0 Å². The Balaban J connectivity index is 0.923. The van der Waals surface area contributed by atoms with Crippen LogP contribution in [0.2, 0.25) is 0 Å². The van der Waals surface area contributed by atoms with Crippen LogP contribution in [0.1, 0.15) is 50.0 Å². The number of nitrogens with one attached hydrogen (secondary N) is 2. The monoisotopic (exact) mass is 574 g/mol. The fourth-order valence-electron chi connectivity index (χ4n) is 6.79. The third kappa shape index (κ3) is 5.76. The molecule has 0 saturated carbocycles. The molecule has 7 rings (SSSR count). The number of aromatic nitrogens is 1. The summed E-state index contributed by atoms with van der Waals surface area (Å²) < 4.78 is 23.7. The number of rotatable bonds is 10. The lowest BCUT2D eigenvalue weighted by atomic mass is 10.0. The number of methoxy groups -OCH3 is 1. The molecule has 3 N–H and O–H groups in total. The van der Waals surface area contributed by atoms with E-state index in [-0.39, 0.29) is 18.4 Å². The number of aliphatic hydroxyl groups excluding tert-OH is 1. The summed E-state index contributed by atoms with van der Waals surface area (Å²) in [6.45, 7) is 8.07. The minimum atomic E-state index is -0.109. The predicted octanol–water partition coefficient (Wildman–Crippen LogP) is 4.80. The Bertz CT molecular complexity index is 1500. The number of fused-ring (bicyclic) bond motifs is 2. The van der Waals surface area contributed by atoms with Gasteiger partial charge in [-0.3, -0.25) is 10.2 Å². The molecule has 2 aromatic carbocycles. The molecule has 0 bridgehead atoms. The van der Waals surface area contributed by atoms with E-state index in [4.69, 9.17) is 18.6 Å². The SMILES string of the molecule is COc1cccc2occ(COc3cccc4[nH]c(C5OC5NC5CCN(CC(C)N6CCC(O)CC6)CC5)cc34)c12. The quantitative estimate of drug-likeness (QED) is 0.233. The van der Waals surface area contributed by atoms with Gasteiger partial charge in [-0.05, 0) is 76.0 Å². The normalized spacial score (nSPS) is 23.5. The number of hydrogen-bond donors (Lipinski definition) is 3. The highest BCUT2D eigenvalue weighted by Crippen LogP contribution is 2.40. The zero-order valence-electron chi connectivity index (χ0n) is 24.6. The Labute approximate surface area is 246 Å². The molecular weight excluding hydrogens is 532 g/mol.